The Morgan fingerprint density at radius 2 is 2.10 bits per heavy atom. The molecule has 1 aliphatic carbocycles. The number of halogens is 1. The Morgan fingerprint density at radius 1 is 1.35 bits per heavy atom. The zero-order valence-corrected chi connectivity index (χ0v) is 15.2. The van der Waals surface area contributed by atoms with Gasteiger partial charge in [-0.05, 0) is 25.2 Å². The number of piperidine rings is 1. The standard InChI is InChI=1S/C15H27N3O.HI/c1-10-5-4-7-18(9-10)14(16)17-12-11-6-8-19-13(11)15(12,2)3;/h10-13H,4-9H2,1-3H3,(H2,16,17);1H. The van der Waals surface area contributed by atoms with Gasteiger partial charge in [-0.1, -0.05) is 20.8 Å². The summed E-state index contributed by atoms with van der Waals surface area (Å²) in [7, 11) is 0. The molecule has 3 fully saturated rings. The van der Waals surface area contributed by atoms with E-state index < -0.39 is 0 Å². The van der Waals surface area contributed by atoms with Crippen LogP contribution in [0.3, 0.4) is 0 Å². The molecule has 4 unspecified atom stereocenters. The molecular formula is C15H28IN3O. The van der Waals surface area contributed by atoms with Gasteiger partial charge in [0, 0.05) is 31.0 Å². The van der Waals surface area contributed by atoms with Crippen LogP contribution in [0.4, 0.5) is 0 Å². The van der Waals surface area contributed by atoms with Crippen molar-refractivity contribution in [2.45, 2.75) is 52.2 Å². The third-order valence-electron chi connectivity index (χ3n) is 5.29. The second-order valence-corrected chi connectivity index (χ2v) is 7.19. The Bertz CT molecular complexity index is 385. The molecule has 0 amide bonds. The molecule has 3 rings (SSSR count). The van der Waals surface area contributed by atoms with Crippen LogP contribution in [0.2, 0.25) is 0 Å². The maximum absolute atomic E-state index is 6.26. The van der Waals surface area contributed by atoms with E-state index >= 15 is 0 Å². The summed E-state index contributed by atoms with van der Waals surface area (Å²) < 4.78 is 5.82. The third-order valence-corrected chi connectivity index (χ3v) is 5.29. The van der Waals surface area contributed by atoms with Gasteiger partial charge in [0.05, 0.1) is 12.1 Å². The molecule has 2 N–H and O–H groups in total. The summed E-state index contributed by atoms with van der Waals surface area (Å²) in [5, 5.41) is 0. The Hall–Kier alpha value is -0.0400. The van der Waals surface area contributed by atoms with Crippen molar-refractivity contribution in [3.8, 4) is 0 Å². The largest absolute Gasteiger partial charge is 0.377 e. The van der Waals surface area contributed by atoms with Crippen molar-refractivity contribution in [1.29, 1.82) is 0 Å². The predicted octanol–water partition coefficient (Wildman–Crippen LogP) is 2.46. The average molecular weight is 393 g/mol. The van der Waals surface area contributed by atoms with Crippen molar-refractivity contribution in [1.82, 2.24) is 4.90 Å². The van der Waals surface area contributed by atoms with Crippen LogP contribution in [0, 0.1) is 17.3 Å². The Morgan fingerprint density at radius 3 is 2.80 bits per heavy atom. The molecule has 0 radical (unpaired) electrons. The van der Waals surface area contributed by atoms with Gasteiger partial charge in [-0.15, -0.1) is 24.0 Å². The number of fused-ring (bicyclic) bond motifs is 1. The molecule has 2 saturated heterocycles. The second kappa shape index (κ2) is 5.99. The first kappa shape index (κ1) is 16.3. The third kappa shape index (κ3) is 2.67. The minimum Gasteiger partial charge on any atom is -0.377 e. The monoisotopic (exact) mass is 393 g/mol. The molecule has 3 aliphatic rings. The number of hydrogen-bond acceptors (Lipinski definition) is 2. The molecule has 0 aromatic rings. The van der Waals surface area contributed by atoms with Gasteiger partial charge in [0.25, 0.3) is 0 Å². The predicted molar refractivity (Wildman–Crippen MR) is 92.4 cm³/mol. The van der Waals surface area contributed by atoms with E-state index in [9.17, 15) is 0 Å². The Kier molecular flexibility index (Phi) is 4.89. The molecule has 4 atom stereocenters. The molecule has 0 aromatic heterocycles. The fraction of sp³-hybridized carbons (Fsp3) is 0.933. The maximum atomic E-state index is 6.26. The molecule has 116 valence electrons. The lowest BCUT2D eigenvalue weighted by atomic mass is 9.57. The van der Waals surface area contributed by atoms with Crippen molar-refractivity contribution in [3.05, 3.63) is 0 Å². The lowest BCUT2D eigenvalue weighted by Gasteiger charge is -2.52. The van der Waals surface area contributed by atoms with Gasteiger partial charge < -0.3 is 15.4 Å². The van der Waals surface area contributed by atoms with Crippen LogP contribution < -0.4 is 5.73 Å². The first-order valence-electron chi connectivity index (χ1n) is 7.70. The smallest absolute Gasteiger partial charge is 0.191 e. The van der Waals surface area contributed by atoms with E-state index in [0.29, 0.717) is 18.1 Å². The quantitative estimate of drug-likeness (QED) is 0.423. The van der Waals surface area contributed by atoms with E-state index in [1.54, 1.807) is 0 Å². The lowest BCUT2D eigenvalue weighted by Crippen LogP contribution is -2.60. The fourth-order valence-corrected chi connectivity index (χ4v) is 4.18. The number of likely N-dealkylation sites (tertiary alicyclic amines) is 1. The van der Waals surface area contributed by atoms with Crippen molar-refractivity contribution >= 4 is 29.9 Å². The Labute approximate surface area is 139 Å². The second-order valence-electron chi connectivity index (χ2n) is 7.19. The van der Waals surface area contributed by atoms with Crippen molar-refractivity contribution in [3.63, 3.8) is 0 Å². The molecule has 5 heteroatoms. The highest BCUT2D eigenvalue weighted by Gasteiger charge is 2.59. The summed E-state index contributed by atoms with van der Waals surface area (Å²) in [6.07, 6.45) is 4.10. The van der Waals surface area contributed by atoms with Gasteiger partial charge in [-0.25, -0.2) is 4.99 Å². The maximum Gasteiger partial charge on any atom is 0.191 e. The number of aliphatic imine (C=N–C) groups is 1. The summed E-state index contributed by atoms with van der Waals surface area (Å²) in [5.41, 5.74) is 6.41. The molecule has 20 heavy (non-hydrogen) atoms. The van der Waals surface area contributed by atoms with E-state index in [4.69, 9.17) is 15.5 Å². The molecular weight excluding hydrogens is 365 g/mol. The zero-order valence-electron chi connectivity index (χ0n) is 12.8. The van der Waals surface area contributed by atoms with Gasteiger partial charge in [0.15, 0.2) is 5.96 Å². The van der Waals surface area contributed by atoms with Crippen molar-refractivity contribution < 1.29 is 4.74 Å². The van der Waals surface area contributed by atoms with Gasteiger partial charge in [-0.3, -0.25) is 0 Å². The summed E-state index contributed by atoms with van der Waals surface area (Å²) in [6.45, 7) is 9.85. The summed E-state index contributed by atoms with van der Waals surface area (Å²) >= 11 is 0. The number of guanidine groups is 1. The minimum atomic E-state index is 0. The van der Waals surface area contributed by atoms with Crippen molar-refractivity contribution in [2.75, 3.05) is 19.7 Å². The molecule has 0 bridgehead atoms. The number of hydrogen-bond donors (Lipinski definition) is 1. The summed E-state index contributed by atoms with van der Waals surface area (Å²) in [6, 6.07) is 0.345. The Balaban J connectivity index is 0.00000147. The average Bonchev–Trinajstić information content (AvgIpc) is 2.82. The first-order valence-corrected chi connectivity index (χ1v) is 7.70. The van der Waals surface area contributed by atoms with E-state index in [2.05, 4.69) is 25.7 Å². The molecule has 2 heterocycles. The molecule has 0 aromatic carbocycles. The van der Waals surface area contributed by atoms with Gasteiger partial charge >= 0.3 is 0 Å². The molecule has 0 spiro atoms. The first-order chi connectivity index (χ1) is 9.00. The molecule has 4 nitrogen and oxygen atoms in total. The zero-order chi connectivity index (χ0) is 13.6. The van der Waals surface area contributed by atoms with Crippen LogP contribution in [-0.2, 0) is 4.74 Å². The summed E-state index contributed by atoms with van der Waals surface area (Å²) in [5.74, 6) is 2.09. The van der Waals surface area contributed by atoms with Crippen LogP contribution in [0.1, 0.15) is 40.0 Å². The van der Waals surface area contributed by atoms with E-state index in [1.807, 2.05) is 0 Å². The normalized spacial score (nSPS) is 39.8. The highest BCUT2D eigenvalue weighted by atomic mass is 127. The molecule has 1 saturated carbocycles. The highest BCUT2D eigenvalue weighted by molar-refractivity contribution is 14.0. The van der Waals surface area contributed by atoms with E-state index in [0.717, 1.165) is 38.0 Å². The van der Waals surface area contributed by atoms with Crippen LogP contribution in [-0.4, -0.2) is 42.7 Å². The number of ether oxygens (including phenoxy) is 1. The van der Waals surface area contributed by atoms with Crippen LogP contribution in [0.25, 0.3) is 0 Å². The van der Waals surface area contributed by atoms with Gasteiger partial charge in [0.1, 0.15) is 0 Å². The summed E-state index contributed by atoms with van der Waals surface area (Å²) in [4.78, 5) is 7.15. The van der Waals surface area contributed by atoms with Gasteiger partial charge in [0.2, 0.25) is 0 Å². The SMILES string of the molecule is CC1CCCN(C(N)=NC2C3CCOC3C2(C)C)C1.I. The van der Waals surface area contributed by atoms with Crippen LogP contribution in [0.15, 0.2) is 4.99 Å². The van der Waals surface area contributed by atoms with Crippen LogP contribution in [0.5, 0.6) is 0 Å². The lowest BCUT2D eigenvalue weighted by molar-refractivity contribution is -0.0988. The topological polar surface area (TPSA) is 50.8 Å². The number of rotatable bonds is 1. The highest BCUT2D eigenvalue weighted by Crippen LogP contribution is 2.53. The van der Waals surface area contributed by atoms with Crippen molar-refractivity contribution in [2.24, 2.45) is 28.0 Å². The number of nitrogens with two attached hydrogens (primary N) is 1. The van der Waals surface area contributed by atoms with E-state index in [1.165, 1.54) is 12.8 Å². The van der Waals surface area contributed by atoms with E-state index in [-0.39, 0.29) is 29.4 Å². The fourth-order valence-electron chi connectivity index (χ4n) is 4.18. The minimum absolute atomic E-state index is 0. The van der Waals surface area contributed by atoms with Crippen LogP contribution >= 0.6 is 24.0 Å². The molecule has 2 aliphatic heterocycles. The number of nitrogens with zero attached hydrogens (tertiary/aromatic N) is 2. The van der Waals surface area contributed by atoms with Gasteiger partial charge in [-0.2, -0.15) is 0 Å².